The lowest BCUT2D eigenvalue weighted by Crippen LogP contribution is -2.29. The van der Waals surface area contributed by atoms with E-state index in [0.29, 0.717) is 10.8 Å². The number of aryl methyl sites for hydroxylation is 1. The SMILES string of the molecule is Cc1ccnc(NC(=O)C(=O)Nc2cc(Cl)ccc2Cl)c1. The van der Waals surface area contributed by atoms with Crippen molar-refractivity contribution in [3.8, 4) is 0 Å². The molecule has 21 heavy (non-hydrogen) atoms. The molecule has 0 aliphatic carbocycles. The average molecular weight is 324 g/mol. The molecule has 2 amide bonds. The van der Waals surface area contributed by atoms with E-state index in [4.69, 9.17) is 23.2 Å². The lowest BCUT2D eigenvalue weighted by Gasteiger charge is -2.08. The van der Waals surface area contributed by atoms with Crippen molar-refractivity contribution in [1.82, 2.24) is 4.98 Å². The van der Waals surface area contributed by atoms with Crippen LogP contribution < -0.4 is 10.6 Å². The Morgan fingerprint density at radius 1 is 1.05 bits per heavy atom. The van der Waals surface area contributed by atoms with Gasteiger partial charge in [0.05, 0.1) is 10.7 Å². The van der Waals surface area contributed by atoms with Crippen LogP contribution in [0.3, 0.4) is 0 Å². The maximum absolute atomic E-state index is 11.8. The van der Waals surface area contributed by atoms with Gasteiger partial charge in [-0.25, -0.2) is 4.98 Å². The van der Waals surface area contributed by atoms with Crippen LogP contribution in [-0.2, 0) is 9.59 Å². The van der Waals surface area contributed by atoms with Crippen molar-refractivity contribution in [2.45, 2.75) is 6.92 Å². The Hall–Kier alpha value is -2.11. The zero-order chi connectivity index (χ0) is 15.4. The third kappa shape index (κ3) is 4.18. The number of aromatic nitrogens is 1. The van der Waals surface area contributed by atoms with Crippen LogP contribution in [0.4, 0.5) is 11.5 Å². The minimum Gasteiger partial charge on any atom is -0.316 e. The Kier molecular flexibility index (Phi) is 4.77. The van der Waals surface area contributed by atoms with E-state index in [0.717, 1.165) is 5.56 Å². The first kappa shape index (κ1) is 15.3. The van der Waals surface area contributed by atoms with Gasteiger partial charge < -0.3 is 10.6 Å². The van der Waals surface area contributed by atoms with Crippen molar-refractivity contribution in [3.05, 3.63) is 52.1 Å². The summed E-state index contributed by atoms with van der Waals surface area (Å²) in [6.45, 7) is 1.85. The molecule has 0 saturated carbocycles. The number of halogens is 2. The molecule has 0 atom stereocenters. The van der Waals surface area contributed by atoms with Crippen LogP contribution in [0.1, 0.15) is 5.56 Å². The monoisotopic (exact) mass is 323 g/mol. The molecule has 7 heteroatoms. The second kappa shape index (κ2) is 6.56. The summed E-state index contributed by atoms with van der Waals surface area (Å²) in [6, 6.07) is 7.99. The summed E-state index contributed by atoms with van der Waals surface area (Å²) in [4.78, 5) is 27.5. The van der Waals surface area contributed by atoms with Gasteiger partial charge in [0, 0.05) is 11.2 Å². The van der Waals surface area contributed by atoms with Crippen LogP contribution in [-0.4, -0.2) is 16.8 Å². The highest BCUT2D eigenvalue weighted by Crippen LogP contribution is 2.25. The summed E-state index contributed by atoms with van der Waals surface area (Å²) in [5.74, 6) is -1.40. The van der Waals surface area contributed by atoms with Crippen LogP contribution in [0.15, 0.2) is 36.5 Å². The van der Waals surface area contributed by atoms with Crippen molar-refractivity contribution in [2.75, 3.05) is 10.6 Å². The van der Waals surface area contributed by atoms with Crippen molar-refractivity contribution in [3.63, 3.8) is 0 Å². The first-order valence-electron chi connectivity index (χ1n) is 5.96. The van der Waals surface area contributed by atoms with E-state index in [2.05, 4.69) is 15.6 Å². The summed E-state index contributed by atoms with van der Waals surface area (Å²) in [6.07, 6.45) is 1.54. The molecule has 1 heterocycles. The number of pyridine rings is 1. The lowest BCUT2D eigenvalue weighted by atomic mass is 10.3. The normalized spacial score (nSPS) is 10.0. The number of hydrogen-bond acceptors (Lipinski definition) is 3. The van der Waals surface area contributed by atoms with E-state index in [1.807, 2.05) is 6.92 Å². The van der Waals surface area contributed by atoms with Crippen LogP contribution >= 0.6 is 23.2 Å². The zero-order valence-corrected chi connectivity index (χ0v) is 12.5. The molecule has 0 unspecified atom stereocenters. The maximum Gasteiger partial charge on any atom is 0.315 e. The highest BCUT2D eigenvalue weighted by molar-refractivity contribution is 6.45. The molecule has 0 spiro atoms. The number of rotatable bonds is 2. The van der Waals surface area contributed by atoms with Crippen LogP contribution in [0, 0.1) is 6.92 Å². The molecule has 5 nitrogen and oxygen atoms in total. The predicted octanol–water partition coefficient (Wildman–Crippen LogP) is 3.27. The number of anilines is 2. The first-order chi connectivity index (χ1) is 9.95. The second-order valence-electron chi connectivity index (χ2n) is 4.25. The number of amides is 2. The minimum absolute atomic E-state index is 0.265. The number of carbonyl (C=O) groups excluding carboxylic acids is 2. The molecule has 0 saturated heterocycles. The average Bonchev–Trinajstić information content (AvgIpc) is 2.43. The number of hydrogen-bond donors (Lipinski definition) is 2. The Labute approximate surface area is 131 Å². The van der Waals surface area contributed by atoms with E-state index >= 15 is 0 Å². The standard InChI is InChI=1S/C14H11Cl2N3O2/c1-8-4-5-17-12(6-8)19-14(21)13(20)18-11-7-9(15)2-3-10(11)16/h2-7H,1H3,(H,18,20)(H,17,19,21). The Morgan fingerprint density at radius 2 is 1.76 bits per heavy atom. The van der Waals surface area contributed by atoms with Crippen LogP contribution in [0.2, 0.25) is 10.0 Å². The maximum atomic E-state index is 11.8. The van der Waals surface area contributed by atoms with E-state index < -0.39 is 11.8 Å². The van der Waals surface area contributed by atoms with E-state index in [9.17, 15) is 9.59 Å². The number of nitrogens with one attached hydrogen (secondary N) is 2. The Bertz CT molecular complexity index is 704. The van der Waals surface area contributed by atoms with Crippen molar-refractivity contribution in [1.29, 1.82) is 0 Å². The highest BCUT2D eigenvalue weighted by atomic mass is 35.5. The molecular weight excluding hydrogens is 313 g/mol. The molecule has 0 aliphatic heterocycles. The highest BCUT2D eigenvalue weighted by Gasteiger charge is 2.16. The van der Waals surface area contributed by atoms with Crippen molar-refractivity contribution >= 4 is 46.5 Å². The van der Waals surface area contributed by atoms with Crippen LogP contribution in [0.25, 0.3) is 0 Å². The lowest BCUT2D eigenvalue weighted by molar-refractivity contribution is -0.133. The fourth-order valence-corrected chi connectivity index (χ4v) is 1.89. The quantitative estimate of drug-likeness (QED) is 0.833. The van der Waals surface area contributed by atoms with Crippen molar-refractivity contribution in [2.24, 2.45) is 0 Å². The summed E-state index contributed by atoms with van der Waals surface area (Å²) in [5, 5.41) is 5.47. The Morgan fingerprint density at radius 3 is 2.48 bits per heavy atom. The van der Waals surface area contributed by atoms with Gasteiger partial charge in [-0.15, -0.1) is 0 Å². The predicted molar refractivity (Wildman–Crippen MR) is 82.7 cm³/mol. The summed E-state index contributed by atoms with van der Waals surface area (Å²) in [7, 11) is 0. The van der Waals surface area contributed by atoms with Gasteiger partial charge in [0.25, 0.3) is 0 Å². The molecule has 2 aromatic rings. The molecule has 0 bridgehead atoms. The fraction of sp³-hybridized carbons (Fsp3) is 0.0714. The molecule has 0 aliphatic rings. The third-order valence-electron chi connectivity index (χ3n) is 2.54. The molecule has 1 aromatic heterocycles. The van der Waals surface area contributed by atoms with Gasteiger partial charge in [-0.05, 0) is 42.8 Å². The largest absolute Gasteiger partial charge is 0.316 e. The van der Waals surface area contributed by atoms with Gasteiger partial charge in [-0.2, -0.15) is 0 Å². The minimum atomic E-state index is -0.859. The Balaban J connectivity index is 2.06. The molecule has 1 aromatic carbocycles. The first-order valence-corrected chi connectivity index (χ1v) is 6.71. The topological polar surface area (TPSA) is 71.1 Å². The van der Waals surface area contributed by atoms with Gasteiger partial charge in [0.15, 0.2) is 0 Å². The number of nitrogens with zero attached hydrogens (tertiary/aromatic N) is 1. The second-order valence-corrected chi connectivity index (χ2v) is 5.09. The van der Waals surface area contributed by atoms with Gasteiger partial charge in [-0.1, -0.05) is 23.2 Å². The summed E-state index contributed by atoms with van der Waals surface area (Å²) >= 11 is 11.7. The third-order valence-corrected chi connectivity index (χ3v) is 3.10. The summed E-state index contributed by atoms with van der Waals surface area (Å²) in [5.41, 5.74) is 1.18. The number of benzene rings is 1. The van der Waals surface area contributed by atoms with Crippen molar-refractivity contribution < 1.29 is 9.59 Å². The van der Waals surface area contributed by atoms with E-state index in [1.165, 1.54) is 18.3 Å². The number of carbonyl (C=O) groups is 2. The van der Waals surface area contributed by atoms with E-state index in [1.54, 1.807) is 18.2 Å². The van der Waals surface area contributed by atoms with E-state index in [-0.39, 0.29) is 10.7 Å². The molecule has 108 valence electrons. The summed E-state index contributed by atoms with van der Waals surface area (Å²) < 4.78 is 0. The molecule has 2 rings (SSSR count). The smallest absolute Gasteiger partial charge is 0.315 e. The van der Waals surface area contributed by atoms with Gasteiger partial charge in [0.1, 0.15) is 5.82 Å². The van der Waals surface area contributed by atoms with Gasteiger partial charge in [0.2, 0.25) is 0 Å². The molecule has 2 N–H and O–H groups in total. The molecule has 0 fully saturated rings. The fourth-order valence-electron chi connectivity index (χ4n) is 1.55. The zero-order valence-electron chi connectivity index (χ0n) is 11.0. The van der Waals surface area contributed by atoms with Crippen LogP contribution in [0.5, 0.6) is 0 Å². The van der Waals surface area contributed by atoms with Gasteiger partial charge in [-0.3, -0.25) is 9.59 Å². The molecular formula is C14H11Cl2N3O2. The molecule has 0 radical (unpaired) electrons. The van der Waals surface area contributed by atoms with Gasteiger partial charge >= 0.3 is 11.8 Å².